The van der Waals surface area contributed by atoms with Gasteiger partial charge in [0.05, 0.1) is 0 Å². The SMILES string of the molecule is CN(Cc1ccccc1)C(=O)O[C@@H]1/C=C/CC[C@](O)(C(=O)Oc2c(F)c(F)c(F)c(F)c2F)CC1. The van der Waals surface area contributed by atoms with Crippen molar-refractivity contribution < 1.29 is 46.1 Å². The molecule has 188 valence electrons. The van der Waals surface area contributed by atoms with E-state index in [0.29, 0.717) is 0 Å². The third-order valence-corrected chi connectivity index (χ3v) is 5.49. The van der Waals surface area contributed by atoms with E-state index in [0.717, 1.165) is 5.56 Å². The van der Waals surface area contributed by atoms with Gasteiger partial charge in [-0.15, -0.1) is 0 Å². The zero-order valence-electron chi connectivity index (χ0n) is 18.6. The predicted molar refractivity (Wildman–Crippen MR) is 113 cm³/mol. The molecule has 2 atom stereocenters. The average Bonchev–Trinajstić information content (AvgIpc) is 2.84. The number of allylic oxidation sites excluding steroid dienone is 1. The lowest BCUT2D eigenvalue weighted by atomic mass is 9.88. The first kappa shape index (κ1) is 26.1. The fourth-order valence-corrected chi connectivity index (χ4v) is 3.48. The van der Waals surface area contributed by atoms with Crippen molar-refractivity contribution in [1.82, 2.24) is 4.90 Å². The Morgan fingerprint density at radius 3 is 2.23 bits per heavy atom. The Morgan fingerprint density at radius 2 is 1.60 bits per heavy atom. The van der Waals surface area contributed by atoms with Crippen molar-refractivity contribution in [3.05, 3.63) is 77.1 Å². The standard InChI is InChI=1S/C24H22F5NO5/c1-30(13-14-7-3-2-4-8-14)23(32)34-15-9-5-6-11-24(33,12-10-15)22(31)35-21-19(28)17(26)16(25)18(27)20(21)29/h2-5,7-9,15,33H,6,10-13H2,1H3/b9-5+/t15-,24-/m1/s1. The minimum atomic E-state index is -2.41. The second-order valence-corrected chi connectivity index (χ2v) is 8.09. The molecule has 0 aromatic heterocycles. The molecule has 0 bridgehead atoms. The number of benzene rings is 2. The molecule has 3 rings (SSSR count). The summed E-state index contributed by atoms with van der Waals surface area (Å²) in [4.78, 5) is 26.3. The predicted octanol–water partition coefficient (Wildman–Crippen LogP) is 4.79. The molecule has 0 fully saturated rings. The van der Waals surface area contributed by atoms with E-state index in [4.69, 9.17) is 4.74 Å². The van der Waals surface area contributed by atoms with Gasteiger partial charge in [-0.05, 0) is 37.3 Å². The van der Waals surface area contributed by atoms with E-state index in [9.17, 15) is 36.6 Å². The van der Waals surface area contributed by atoms with E-state index in [2.05, 4.69) is 4.74 Å². The lowest BCUT2D eigenvalue weighted by molar-refractivity contribution is -0.158. The summed E-state index contributed by atoms with van der Waals surface area (Å²) < 4.78 is 77.6. The summed E-state index contributed by atoms with van der Waals surface area (Å²) >= 11 is 0. The minimum Gasteiger partial charge on any atom is -0.442 e. The summed E-state index contributed by atoms with van der Waals surface area (Å²) in [6, 6.07) is 9.13. The van der Waals surface area contributed by atoms with Crippen LogP contribution in [0.1, 0.15) is 31.2 Å². The molecule has 0 heterocycles. The van der Waals surface area contributed by atoms with Gasteiger partial charge in [0.2, 0.25) is 34.8 Å². The molecule has 1 aliphatic carbocycles. The van der Waals surface area contributed by atoms with Gasteiger partial charge in [-0.3, -0.25) is 0 Å². The lowest BCUT2D eigenvalue weighted by Crippen LogP contribution is -2.43. The van der Waals surface area contributed by atoms with Gasteiger partial charge in [0, 0.05) is 13.6 Å². The highest BCUT2D eigenvalue weighted by Crippen LogP contribution is 2.32. The third-order valence-electron chi connectivity index (χ3n) is 5.49. The molecule has 0 unspecified atom stereocenters. The van der Waals surface area contributed by atoms with Crippen LogP contribution in [-0.4, -0.2) is 40.8 Å². The number of halogens is 5. The molecular formula is C24H22F5NO5. The maximum atomic E-state index is 13.9. The van der Waals surface area contributed by atoms with Crippen molar-refractivity contribution in [2.75, 3.05) is 7.05 Å². The monoisotopic (exact) mass is 499 g/mol. The van der Waals surface area contributed by atoms with Crippen LogP contribution < -0.4 is 4.74 Å². The summed E-state index contributed by atoms with van der Waals surface area (Å²) in [5.74, 6) is -15.0. The van der Waals surface area contributed by atoms with Crippen LogP contribution in [0.15, 0.2) is 42.5 Å². The van der Waals surface area contributed by atoms with Crippen molar-refractivity contribution in [3.8, 4) is 5.75 Å². The van der Waals surface area contributed by atoms with Crippen molar-refractivity contribution in [1.29, 1.82) is 0 Å². The van der Waals surface area contributed by atoms with Crippen LogP contribution in [0.2, 0.25) is 0 Å². The van der Waals surface area contributed by atoms with E-state index in [-0.39, 0.29) is 32.2 Å². The molecule has 2 aromatic carbocycles. The average molecular weight is 499 g/mol. The highest BCUT2D eigenvalue weighted by atomic mass is 19.2. The molecule has 1 aliphatic rings. The zero-order chi connectivity index (χ0) is 25.8. The number of hydrogen-bond acceptors (Lipinski definition) is 5. The topological polar surface area (TPSA) is 76.1 Å². The molecule has 1 N–H and O–H groups in total. The van der Waals surface area contributed by atoms with E-state index < -0.39 is 58.6 Å². The molecule has 11 heteroatoms. The molecule has 0 spiro atoms. The molecular weight excluding hydrogens is 477 g/mol. The maximum absolute atomic E-state index is 13.9. The zero-order valence-corrected chi connectivity index (χ0v) is 18.6. The molecule has 6 nitrogen and oxygen atoms in total. The molecule has 2 aromatic rings. The number of carbonyl (C=O) groups is 2. The number of hydrogen-bond donors (Lipinski definition) is 1. The number of nitrogens with zero attached hydrogens (tertiary/aromatic N) is 1. The number of ether oxygens (including phenoxy) is 2. The van der Waals surface area contributed by atoms with E-state index in [1.54, 1.807) is 6.08 Å². The van der Waals surface area contributed by atoms with Gasteiger partial charge in [0.1, 0.15) is 6.10 Å². The van der Waals surface area contributed by atoms with E-state index in [1.807, 2.05) is 30.3 Å². The Hall–Kier alpha value is -3.47. The van der Waals surface area contributed by atoms with Crippen LogP contribution in [0.25, 0.3) is 0 Å². The molecule has 1 amide bonds. The summed E-state index contributed by atoms with van der Waals surface area (Å²) in [7, 11) is 1.53. The number of carbonyl (C=O) groups excluding carboxylic acids is 2. The fraction of sp³-hybridized carbons (Fsp3) is 0.333. The van der Waals surface area contributed by atoms with Gasteiger partial charge >= 0.3 is 12.1 Å². The maximum Gasteiger partial charge on any atom is 0.410 e. The van der Waals surface area contributed by atoms with Crippen molar-refractivity contribution >= 4 is 12.1 Å². The third kappa shape index (κ3) is 5.97. The highest BCUT2D eigenvalue weighted by Gasteiger charge is 2.40. The Morgan fingerprint density at radius 1 is 1.00 bits per heavy atom. The van der Waals surface area contributed by atoms with Crippen LogP contribution in [0.3, 0.4) is 0 Å². The molecule has 0 aliphatic heterocycles. The van der Waals surface area contributed by atoms with Crippen LogP contribution in [-0.2, 0) is 16.1 Å². The van der Waals surface area contributed by atoms with Gasteiger partial charge in [-0.1, -0.05) is 36.4 Å². The van der Waals surface area contributed by atoms with Crippen LogP contribution in [0.4, 0.5) is 26.7 Å². The van der Waals surface area contributed by atoms with E-state index >= 15 is 0 Å². The Kier molecular flexibility index (Phi) is 8.11. The van der Waals surface area contributed by atoms with Crippen LogP contribution >= 0.6 is 0 Å². The van der Waals surface area contributed by atoms with E-state index in [1.165, 1.54) is 18.0 Å². The van der Waals surface area contributed by atoms with Gasteiger partial charge < -0.3 is 19.5 Å². The summed E-state index contributed by atoms with van der Waals surface area (Å²) in [6.07, 6.45) is 0.957. The largest absolute Gasteiger partial charge is 0.442 e. The number of amides is 1. The minimum absolute atomic E-state index is 0.0792. The van der Waals surface area contributed by atoms with Crippen molar-refractivity contribution in [2.24, 2.45) is 0 Å². The van der Waals surface area contributed by atoms with Crippen molar-refractivity contribution in [3.63, 3.8) is 0 Å². The summed E-state index contributed by atoms with van der Waals surface area (Å²) in [5.41, 5.74) is -1.46. The smallest absolute Gasteiger partial charge is 0.410 e. The first-order chi connectivity index (χ1) is 16.5. The summed E-state index contributed by atoms with van der Waals surface area (Å²) in [5, 5.41) is 10.8. The van der Waals surface area contributed by atoms with Crippen LogP contribution in [0.5, 0.6) is 5.75 Å². The Balaban J connectivity index is 1.67. The van der Waals surface area contributed by atoms with Crippen LogP contribution in [0, 0.1) is 29.1 Å². The molecule has 0 saturated heterocycles. The normalized spacial score (nSPS) is 20.9. The Bertz CT molecular complexity index is 1100. The first-order valence-electron chi connectivity index (χ1n) is 10.6. The van der Waals surface area contributed by atoms with Gasteiger partial charge in [0.25, 0.3) is 0 Å². The first-order valence-corrected chi connectivity index (χ1v) is 10.6. The number of aliphatic hydroxyl groups is 1. The van der Waals surface area contributed by atoms with Crippen molar-refractivity contribution in [2.45, 2.75) is 43.9 Å². The second-order valence-electron chi connectivity index (χ2n) is 8.09. The second kappa shape index (κ2) is 10.9. The highest BCUT2D eigenvalue weighted by molar-refractivity contribution is 5.81. The Labute approximate surface area is 197 Å². The van der Waals surface area contributed by atoms with Gasteiger partial charge in [-0.2, -0.15) is 8.78 Å². The molecule has 35 heavy (non-hydrogen) atoms. The molecule has 0 saturated carbocycles. The summed E-state index contributed by atoms with van der Waals surface area (Å²) in [6.45, 7) is 0.272. The van der Waals surface area contributed by atoms with Gasteiger partial charge in [-0.25, -0.2) is 22.8 Å². The lowest BCUT2D eigenvalue weighted by Gasteiger charge is -2.29. The number of rotatable bonds is 5. The van der Waals surface area contributed by atoms with Gasteiger partial charge in [0.15, 0.2) is 5.60 Å². The fourth-order valence-electron chi connectivity index (χ4n) is 3.48. The quantitative estimate of drug-likeness (QED) is 0.160. The number of esters is 1. The molecule has 0 radical (unpaired) electrons.